The molecule has 0 aliphatic carbocycles. The van der Waals surface area contributed by atoms with Crippen LogP contribution in [0.2, 0.25) is 0 Å². The number of ether oxygens (including phenoxy) is 1. The van der Waals surface area contributed by atoms with Crippen LogP contribution < -0.4 is 11.1 Å². The van der Waals surface area contributed by atoms with E-state index in [0.717, 1.165) is 19.4 Å². The van der Waals surface area contributed by atoms with E-state index in [2.05, 4.69) is 33.0 Å². The van der Waals surface area contributed by atoms with Crippen LogP contribution in [0.5, 0.6) is 0 Å². The molecule has 1 amide bonds. The van der Waals surface area contributed by atoms with E-state index < -0.39 is 5.54 Å². The second-order valence-corrected chi connectivity index (χ2v) is 5.87. The van der Waals surface area contributed by atoms with Crippen molar-refractivity contribution in [2.75, 3.05) is 6.54 Å². The molecule has 2 unspecified atom stereocenters. The van der Waals surface area contributed by atoms with Gasteiger partial charge in [0.25, 0.3) is 0 Å². The highest BCUT2D eigenvalue weighted by atomic mass is 16.5. The first kappa shape index (κ1) is 17.4. The number of carbonyl (C=O) groups excluding carboxylic acids is 1. The van der Waals surface area contributed by atoms with Crippen LogP contribution in [0, 0.1) is 0 Å². The Morgan fingerprint density at radius 2 is 1.89 bits per heavy atom. The van der Waals surface area contributed by atoms with Crippen LogP contribution in [-0.4, -0.2) is 29.7 Å². The first-order valence-corrected chi connectivity index (χ1v) is 6.89. The molecule has 3 N–H and O–H groups in total. The lowest BCUT2D eigenvalue weighted by atomic mass is 9.93. The Morgan fingerprint density at radius 3 is 2.28 bits per heavy atom. The lowest BCUT2D eigenvalue weighted by Crippen LogP contribution is -2.55. The summed E-state index contributed by atoms with van der Waals surface area (Å²) in [6.45, 7) is 12.9. The molecule has 0 spiro atoms. The molecule has 0 heterocycles. The van der Waals surface area contributed by atoms with E-state index >= 15 is 0 Å². The van der Waals surface area contributed by atoms with Crippen molar-refractivity contribution in [2.24, 2.45) is 5.73 Å². The van der Waals surface area contributed by atoms with Gasteiger partial charge in [-0.3, -0.25) is 4.79 Å². The maximum atomic E-state index is 11.6. The molecule has 0 aliphatic heterocycles. The first-order valence-electron chi connectivity index (χ1n) is 6.89. The highest BCUT2D eigenvalue weighted by Crippen LogP contribution is 2.21. The Hall–Kier alpha value is -0.610. The number of nitrogens with one attached hydrogen (secondary N) is 1. The van der Waals surface area contributed by atoms with Gasteiger partial charge in [-0.1, -0.05) is 13.8 Å². The van der Waals surface area contributed by atoms with Crippen LogP contribution in [-0.2, 0) is 9.53 Å². The zero-order valence-electron chi connectivity index (χ0n) is 12.8. The minimum atomic E-state index is -0.695. The van der Waals surface area contributed by atoms with E-state index in [1.54, 1.807) is 0 Å². The van der Waals surface area contributed by atoms with Crippen LogP contribution in [0.25, 0.3) is 0 Å². The molecule has 18 heavy (non-hydrogen) atoms. The van der Waals surface area contributed by atoms with Crippen molar-refractivity contribution in [3.8, 4) is 0 Å². The molecule has 2 atom stereocenters. The smallest absolute Gasteiger partial charge is 0.237 e. The maximum Gasteiger partial charge on any atom is 0.237 e. The van der Waals surface area contributed by atoms with Gasteiger partial charge < -0.3 is 15.8 Å². The highest BCUT2D eigenvalue weighted by molar-refractivity contribution is 5.84. The normalized spacial score (nSPS) is 17.2. The zero-order chi connectivity index (χ0) is 14.4. The molecule has 0 aliphatic rings. The van der Waals surface area contributed by atoms with Crippen LogP contribution in [0.15, 0.2) is 0 Å². The van der Waals surface area contributed by atoms with Crippen molar-refractivity contribution in [1.29, 1.82) is 0 Å². The third-order valence-corrected chi connectivity index (χ3v) is 3.38. The summed E-state index contributed by atoms with van der Waals surface area (Å²) in [5, 5.41) is 3.23. The average molecular weight is 258 g/mol. The first-order chi connectivity index (χ1) is 8.17. The number of rotatable bonds is 9. The third-order valence-electron chi connectivity index (χ3n) is 3.38. The molecule has 0 rings (SSSR count). The number of hydrogen-bond acceptors (Lipinski definition) is 3. The highest BCUT2D eigenvalue weighted by Gasteiger charge is 2.33. The minimum absolute atomic E-state index is 0.0122. The minimum Gasteiger partial charge on any atom is -0.373 e. The summed E-state index contributed by atoms with van der Waals surface area (Å²) < 4.78 is 5.97. The van der Waals surface area contributed by atoms with Crippen molar-refractivity contribution < 1.29 is 9.53 Å². The Kier molecular flexibility index (Phi) is 6.86. The van der Waals surface area contributed by atoms with Gasteiger partial charge in [-0.05, 0) is 47.1 Å². The molecule has 0 aromatic heterocycles. The molecular weight excluding hydrogens is 228 g/mol. The molecule has 0 bridgehead atoms. The Morgan fingerprint density at radius 1 is 1.33 bits per heavy atom. The number of nitrogens with two attached hydrogens (primary N) is 1. The average Bonchev–Trinajstić information content (AvgIpc) is 2.25. The van der Waals surface area contributed by atoms with Crippen LogP contribution in [0.4, 0.5) is 0 Å². The van der Waals surface area contributed by atoms with E-state index in [1.165, 1.54) is 0 Å². The van der Waals surface area contributed by atoms with Gasteiger partial charge in [-0.15, -0.1) is 0 Å². The topological polar surface area (TPSA) is 64.3 Å². The molecule has 4 heteroatoms. The molecule has 0 saturated carbocycles. The van der Waals surface area contributed by atoms with Crippen LogP contribution in [0.3, 0.4) is 0 Å². The molecular formula is C14H30N2O2. The summed E-state index contributed by atoms with van der Waals surface area (Å²) in [6.07, 6.45) is 2.49. The lowest BCUT2D eigenvalue weighted by Gasteiger charge is -2.34. The quantitative estimate of drug-likeness (QED) is 0.666. The van der Waals surface area contributed by atoms with Crippen molar-refractivity contribution >= 4 is 5.91 Å². The SMILES string of the molecule is CCCNC(C)(CC(C)OC(C)(C)CC)C(N)=O. The fraction of sp³-hybridized carbons (Fsp3) is 0.929. The molecule has 0 aromatic carbocycles. The lowest BCUT2D eigenvalue weighted by molar-refractivity contribution is -0.128. The standard InChI is InChI=1S/C14H30N2O2/c1-7-9-16-14(6,12(15)17)10-11(3)18-13(4,5)8-2/h11,16H,7-10H2,1-6H3,(H2,15,17). The molecule has 0 radical (unpaired) electrons. The summed E-state index contributed by atoms with van der Waals surface area (Å²) in [5.74, 6) is -0.319. The number of amides is 1. The summed E-state index contributed by atoms with van der Waals surface area (Å²) >= 11 is 0. The molecule has 108 valence electrons. The number of carbonyl (C=O) groups is 1. The molecule has 0 saturated heterocycles. The van der Waals surface area contributed by atoms with Gasteiger partial charge in [0.05, 0.1) is 17.2 Å². The van der Waals surface area contributed by atoms with Gasteiger partial charge >= 0.3 is 0 Å². The predicted octanol–water partition coefficient (Wildman–Crippen LogP) is 2.21. The van der Waals surface area contributed by atoms with Gasteiger partial charge in [0.15, 0.2) is 0 Å². The van der Waals surface area contributed by atoms with Crippen molar-refractivity contribution in [2.45, 2.75) is 78.0 Å². The van der Waals surface area contributed by atoms with Crippen LogP contribution in [0.1, 0.15) is 60.8 Å². The Bertz CT molecular complexity index is 267. The fourth-order valence-corrected chi connectivity index (χ4v) is 1.91. The number of primary amides is 1. The van der Waals surface area contributed by atoms with Crippen molar-refractivity contribution in [3.05, 3.63) is 0 Å². The second-order valence-electron chi connectivity index (χ2n) is 5.87. The number of hydrogen-bond donors (Lipinski definition) is 2. The van der Waals surface area contributed by atoms with E-state index in [9.17, 15) is 4.79 Å². The van der Waals surface area contributed by atoms with Gasteiger partial charge in [0.1, 0.15) is 0 Å². The van der Waals surface area contributed by atoms with E-state index in [0.29, 0.717) is 6.42 Å². The molecule has 4 nitrogen and oxygen atoms in total. The monoisotopic (exact) mass is 258 g/mol. The Labute approximate surface area is 112 Å². The fourth-order valence-electron chi connectivity index (χ4n) is 1.91. The summed E-state index contributed by atoms with van der Waals surface area (Å²) in [6, 6.07) is 0. The zero-order valence-corrected chi connectivity index (χ0v) is 12.8. The van der Waals surface area contributed by atoms with Crippen molar-refractivity contribution in [1.82, 2.24) is 5.32 Å². The van der Waals surface area contributed by atoms with Gasteiger partial charge in [-0.2, -0.15) is 0 Å². The van der Waals surface area contributed by atoms with Crippen molar-refractivity contribution in [3.63, 3.8) is 0 Å². The van der Waals surface area contributed by atoms with Gasteiger partial charge in [-0.25, -0.2) is 0 Å². The van der Waals surface area contributed by atoms with E-state index in [1.807, 2.05) is 13.8 Å². The van der Waals surface area contributed by atoms with E-state index in [4.69, 9.17) is 10.5 Å². The summed E-state index contributed by atoms with van der Waals surface area (Å²) in [7, 11) is 0. The summed E-state index contributed by atoms with van der Waals surface area (Å²) in [4.78, 5) is 11.6. The summed E-state index contributed by atoms with van der Waals surface area (Å²) in [5.41, 5.74) is 4.64. The van der Waals surface area contributed by atoms with E-state index in [-0.39, 0.29) is 17.6 Å². The third kappa shape index (κ3) is 5.83. The van der Waals surface area contributed by atoms with Gasteiger partial charge in [0, 0.05) is 6.42 Å². The Balaban J connectivity index is 4.54. The predicted molar refractivity (Wildman–Crippen MR) is 75.4 cm³/mol. The largest absolute Gasteiger partial charge is 0.373 e. The second kappa shape index (κ2) is 7.10. The molecule has 0 fully saturated rings. The van der Waals surface area contributed by atoms with Gasteiger partial charge in [0.2, 0.25) is 5.91 Å². The molecule has 0 aromatic rings. The van der Waals surface area contributed by atoms with Crippen LogP contribution >= 0.6 is 0 Å². The maximum absolute atomic E-state index is 11.6.